The first-order valence-corrected chi connectivity index (χ1v) is 8.99. The van der Waals surface area contributed by atoms with Gasteiger partial charge in [-0.15, -0.1) is 0 Å². The fourth-order valence-corrected chi connectivity index (χ4v) is 3.27. The molecule has 1 aromatic carbocycles. The Morgan fingerprint density at radius 3 is 2.37 bits per heavy atom. The van der Waals surface area contributed by atoms with Gasteiger partial charge in [0.15, 0.2) is 0 Å². The number of halogens is 5. The van der Waals surface area contributed by atoms with E-state index in [1.165, 1.54) is 0 Å². The SMILES string of the molecule is O=C(c1ccc(C(F)(F)F)nc1)N1CCN(Cc2cccc(Cl)c2Cl)CC1. The van der Waals surface area contributed by atoms with Crippen LogP contribution in [0.25, 0.3) is 0 Å². The molecule has 144 valence electrons. The van der Waals surface area contributed by atoms with Crippen LogP contribution in [0.2, 0.25) is 10.0 Å². The molecule has 2 aromatic rings. The van der Waals surface area contributed by atoms with Crippen LogP contribution in [0.1, 0.15) is 21.6 Å². The summed E-state index contributed by atoms with van der Waals surface area (Å²) < 4.78 is 37.7. The molecule has 1 aliphatic rings. The Hall–Kier alpha value is -1.83. The van der Waals surface area contributed by atoms with Crippen molar-refractivity contribution in [1.82, 2.24) is 14.8 Å². The molecule has 4 nitrogen and oxygen atoms in total. The number of piperazine rings is 1. The van der Waals surface area contributed by atoms with Crippen molar-refractivity contribution < 1.29 is 18.0 Å². The maximum Gasteiger partial charge on any atom is 0.433 e. The number of amides is 1. The molecule has 0 atom stereocenters. The number of alkyl halides is 3. The summed E-state index contributed by atoms with van der Waals surface area (Å²) >= 11 is 12.2. The largest absolute Gasteiger partial charge is 0.433 e. The van der Waals surface area contributed by atoms with E-state index in [-0.39, 0.29) is 11.5 Å². The minimum atomic E-state index is -4.52. The summed E-state index contributed by atoms with van der Waals surface area (Å²) in [4.78, 5) is 19.6. The van der Waals surface area contributed by atoms with Gasteiger partial charge in [-0.3, -0.25) is 14.7 Å². The number of hydrogen-bond donors (Lipinski definition) is 0. The molecule has 0 unspecified atom stereocenters. The minimum Gasteiger partial charge on any atom is -0.336 e. The van der Waals surface area contributed by atoms with Gasteiger partial charge in [0.1, 0.15) is 5.69 Å². The topological polar surface area (TPSA) is 36.4 Å². The molecule has 0 aliphatic carbocycles. The van der Waals surface area contributed by atoms with Gasteiger partial charge in [-0.25, -0.2) is 0 Å². The van der Waals surface area contributed by atoms with E-state index < -0.39 is 11.9 Å². The van der Waals surface area contributed by atoms with E-state index in [2.05, 4.69) is 9.88 Å². The quantitative estimate of drug-likeness (QED) is 0.743. The second kappa shape index (κ2) is 8.04. The van der Waals surface area contributed by atoms with Crippen molar-refractivity contribution in [3.8, 4) is 0 Å². The number of rotatable bonds is 3. The average Bonchev–Trinajstić information content (AvgIpc) is 2.65. The standard InChI is InChI=1S/C18H16Cl2F3N3O/c19-14-3-1-2-13(16(14)20)11-25-6-8-26(9-7-25)17(27)12-4-5-15(24-10-12)18(21,22)23/h1-5,10H,6-9,11H2. The van der Waals surface area contributed by atoms with E-state index in [1.54, 1.807) is 11.0 Å². The molecule has 1 aliphatic heterocycles. The Labute approximate surface area is 164 Å². The first-order chi connectivity index (χ1) is 12.8. The van der Waals surface area contributed by atoms with Gasteiger partial charge in [-0.05, 0) is 23.8 Å². The summed E-state index contributed by atoms with van der Waals surface area (Å²) in [6.45, 7) is 2.81. The fourth-order valence-electron chi connectivity index (χ4n) is 2.89. The third-order valence-corrected chi connectivity index (χ3v) is 5.24. The van der Waals surface area contributed by atoms with Crippen LogP contribution in [0.15, 0.2) is 36.5 Å². The van der Waals surface area contributed by atoms with E-state index in [1.807, 2.05) is 12.1 Å². The molecule has 1 saturated heterocycles. The molecule has 0 radical (unpaired) electrons. The Balaban J connectivity index is 1.58. The molecular formula is C18H16Cl2F3N3O. The van der Waals surface area contributed by atoms with Gasteiger partial charge in [-0.1, -0.05) is 35.3 Å². The Bertz CT molecular complexity index is 820. The predicted octanol–water partition coefficient (Wildman–Crippen LogP) is 4.37. The summed E-state index contributed by atoms with van der Waals surface area (Å²) in [5.74, 6) is -0.323. The van der Waals surface area contributed by atoms with E-state index in [0.717, 1.165) is 23.9 Å². The second-order valence-electron chi connectivity index (χ2n) is 6.21. The van der Waals surface area contributed by atoms with Crippen LogP contribution >= 0.6 is 23.2 Å². The molecule has 0 spiro atoms. The number of benzene rings is 1. The third kappa shape index (κ3) is 4.72. The molecule has 27 heavy (non-hydrogen) atoms. The van der Waals surface area contributed by atoms with Crippen molar-refractivity contribution >= 4 is 29.1 Å². The molecule has 3 rings (SSSR count). The lowest BCUT2D eigenvalue weighted by molar-refractivity contribution is -0.141. The summed E-state index contributed by atoms with van der Waals surface area (Å²) in [6, 6.07) is 7.45. The summed E-state index contributed by atoms with van der Waals surface area (Å²) in [5.41, 5.74) is 0.0486. The smallest absolute Gasteiger partial charge is 0.336 e. The highest BCUT2D eigenvalue weighted by Crippen LogP contribution is 2.28. The fraction of sp³-hybridized carbons (Fsp3) is 0.333. The molecule has 1 aromatic heterocycles. The van der Waals surface area contributed by atoms with Gasteiger partial charge in [0, 0.05) is 38.9 Å². The van der Waals surface area contributed by atoms with Crippen LogP contribution in [0.3, 0.4) is 0 Å². The van der Waals surface area contributed by atoms with Crippen LogP contribution in [0.5, 0.6) is 0 Å². The number of carbonyl (C=O) groups is 1. The average molecular weight is 418 g/mol. The van der Waals surface area contributed by atoms with Crippen LogP contribution in [0.4, 0.5) is 13.2 Å². The van der Waals surface area contributed by atoms with Crippen LogP contribution in [-0.4, -0.2) is 46.9 Å². The molecular weight excluding hydrogens is 402 g/mol. The lowest BCUT2D eigenvalue weighted by atomic mass is 10.1. The first-order valence-electron chi connectivity index (χ1n) is 8.23. The Morgan fingerprint density at radius 1 is 1.07 bits per heavy atom. The maximum absolute atomic E-state index is 12.6. The van der Waals surface area contributed by atoms with Gasteiger partial charge in [0.2, 0.25) is 0 Å². The van der Waals surface area contributed by atoms with Crippen molar-refractivity contribution in [2.45, 2.75) is 12.7 Å². The van der Waals surface area contributed by atoms with Gasteiger partial charge in [0.25, 0.3) is 5.91 Å². The summed E-state index contributed by atoms with van der Waals surface area (Å²) in [6.07, 6.45) is -3.54. The molecule has 0 bridgehead atoms. The van der Waals surface area contributed by atoms with E-state index in [4.69, 9.17) is 23.2 Å². The number of hydrogen-bond acceptors (Lipinski definition) is 3. The number of nitrogens with zero attached hydrogens (tertiary/aromatic N) is 3. The normalized spacial score (nSPS) is 15.8. The van der Waals surface area contributed by atoms with E-state index in [9.17, 15) is 18.0 Å². The van der Waals surface area contributed by atoms with Gasteiger partial charge in [0.05, 0.1) is 15.6 Å². The first kappa shape index (κ1) is 19.9. The van der Waals surface area contributed by atoms with Crippen LogP contribution in [-0.2, 0) is 12.7 Å². The number of aromatic nitrogens is 1. The van der Waals surface area contributed by atoms with Crippen molar-refractivity contribution in [2.75, 3.05) is 26.2 Å². The molecule has 1 amide bonds. The van der Waals surface area contributed by atoms with E-state index >= 15 is 0 Å². The Kier molecular flexibility index (Phi) is 5.93. The molecule has 0 N–H and O–H groups in total. The highest BCUT2D eigenvalue weighted by atomic mass is 35.5. The Morgan fingerprint density at radius 2 is 1.78 bits per heavy atom. The summed E-state index contributed by atoms with van der Waals surface area (Å²) in [5, 5.41) is 1.02. The van der Waals surface area contributed by atoms with Crippen molar-refractivity contribution in [2.24, 2.45) is 0 Å². The number of pyridine rings is 1. The zero-order chi connectivity index (χ0) is 19.6. The monoisotopic (exact) mass is 417 g/mol. The molecule has 9 heteroatoms. The van der Waals surface area contributed by atoms with Gasteiger partial charge in [-0.2, -0.15) is 13.2 Å². The van der Waals surface area contributed by atoms with Crippen LogP contribution < -0.4 is 0 Å². The molecule has 2 heterocycles. The highest BCUT2D eigenvalue weighted by Gasteiger charge is 2.32. The lowest BCUT2D eigenvalue weighted by Crippen LogP contribution is -2.48. The molecule has 1 fully saturated rings. The molecule has 0 saturated carbocycles. The summed E-state index contributed by atoms with van der Waals surface area (Å²) in [7, 11) is 0. The van der Waals surface area contributed by atoms with E-state index in [0.29, 0.717) is 42.8 Å². The minimum absolute atomic E-state index is 0.148. The third-order valence-electron chi connectivity index (χ3n) is 4.39. The van der Waals surface area contributed by atoms with Crippen molar-refractivity contribution in [3.63, 3.8) is 0 Å². The lowest BCUT2D eigenvalue weighted by Gasteiger charge is -2.35. The van der Waals surface area contributed by atoms with Crippen molar-refractivity contribution in [3.05, 3.63) is 63.4 Å². The second-order valence-corrected chi connectivity index (χ2v) is 7.00. The highest BCUT2D eigenvalue weighted by molar-refractivity contribution is 6.42. The number of carbonyl (C=O) groups excluding carboxylic acids is 1. The zero-order valence-electron chi connectivity index (χ0n) is 14.1. The maximum atomic E-state index is 12.6. The van der Waals surface area contributed by atoms with Gasteiger partial charge >= 0.3 is 6.18 Å². The van der Waals surface area contributed by atoms with Gasteiger partial charge < -0.3 is 4.90 Å². The predicted molar refractivity (Wildman–Crippen MR) is 96.9 cm³/mol. The zero-order valence-corrected chi connectivity index (χ0v) is 15.7. The van der Waals surface area contributed by atoms with Crippen molar-refractivity contribution in [1.29, 1.82) is 0 Å². The van der Waals surface area contributed by atoms with Crippen LogP contribution in [0, 0.1) is 0 Å².